The van der Waals surface area contributed by atoms with Crippen molar-refractivity contribution in [3.05, 3.63) is 44.9 Å². The average Bonchev–Trinajstić information content (AvgIpc) is 2.41. The summed E-state index contributed by atoms with van der Waals surface area (Å²) in [4.78, 5) is 14.2. The Bertz CT molecular complexity index is 644. The summed E-state index contributed by atoms with van der Waals surface area (Å²) in [6, 6.07) is 8.10. The number of morpholine rings is 1. The van der Waals surface area contributed by atoms with Gasteiger partial charge in [-0.15, -0.1) is 0 Å². The molecule has 3 nitrogen and oxygen atoms in total. The van der Waals surface area contributed by atoms with Crippen molar-refractivity contribution in [2.45, 2.75) is 13.5 Å². The molecule has 4 heteroatoms. The van der Waals surface area contributed by atoms with Crippen molar-refractivity contribution >= 4 is 21.4 Å². The van der Waals surface area contributed by atoms with Crippen LogP contribution in [0.25, 0.3) is 10.1 Å². The third kappa shape index (κ3) is 2.86. The molecule has 0 amide bonds. The second-order valence-electron chi connectivity index (χ2n) is 4.98. The van der Waals surface area contributed by atoms with E-state index in [0.29, 0.717) is 0 Å². The zero-order valence-electron chi connectivity index (χ0n) is 11.0. The van der Waals surface area contributed by atoms with Crippen molar-refractivity contribution in [1.29, 1.82) is 0 Å². The Morgan fingerprint density at radius 2 is 2.05 bits per heavy atom. The van der Waals surface area contributed by atoms with Gasteiger partial charge in [-0.05, 0) is 23.9 Å². The van der Waals surface area contributed by atoms with Crippen molar-refractivity contribution in [2.75, 3.05) is 26.3 Å². The highest BCUT2D eigenvalue weighted by Gasteiger charge is 2.13. The largest absolute Gasteiger partial charge is 0.379 e. The Hall–Kier alpha value is -1.23. The van der Waals surface area contributed by atoms with E-state index in [2.05, 4.69) is 30.0 Å². The molecule has 0 atom stereocenters. The molecule has 0 saturated carbocycles. The van der Waals surface area contributed by atoms with Crippen LogP contribution in [0, 0.1) is 6.92 Å². The average molecular weight is 275 g/mol. The van der Waals surface area contributed by atoms with Crippen LogP contribution < -0.4 is 4.74 Å². The Balaban J connectivity index is 2.00. The highest BCUT2D eigenvalue weighted by Crippen LogP contribution is 2.23. The molecule has 0 radical (unpaired) electrons. The summed E-state index contributed by atoms with van der Waals surface area (Å²) in [6.07, 6.45) is 0. The van der Waals surface area contributed by atoms with Gasteiger partial charge in [-0.2, -0.15) is 0 Å². The van der Waals surface area contributed by atoms with Gasteiger partial charge < -0.3 is 4.74 Å². The predicted octanol–water partition coefficient (Wildman–Crippen LogP) is 2.40. The lowest BCUT2D eigenvalue weighted by atomic mass is 10.1. The van der Waals surface area contributed by atoms with Gasteiger partial charge in [-0.1, -0.05) is 29.0 Å². The number of rotatable bonds is 2. The van der Waals surface area contributed by atoms with E-state index in [4.69, 9.17) is 4.74 Å². The molecule has 1 aromatic heterocycles. The van der Waals surface area contributed by atoms with Crippen LogP contribution in [0.2, 0.25) is 0 Å². The third-order valence-corrected chi connectivity index (χ3v) is 4.38. The Morgan fingerprint density at radius 1 is 1.26 bits per heavy atom. The van der Waals surface area contributed by atoms with Crippen LogP contribution >= 0.6 is 11.3 Å². The van der Waals surface area contributed by atoms with Crippen LogP contribution in [0.15, 0.2) is 29.1 Å². The Morgan fingerprint density at radius 3 is 2.84 bits per heavy atom. The molecule has 0 spiro atoms. The van der Waals surface area contributed by atoms with E-state index in [-0.39, 0.29) is 4.74 Å². The fourth-order valence-corrected chi connectivity index (χ4v) is 3.33. The molecule has 1 aliphatic rings. The van der Waals surface area contributed by atoms with E-state index in [9.17, 15) is 4.79 Å². The lowest BCUT2D eigenvalue weighted by Crippen LogP contribution is -2.35. The zero-order chi connectivity index (χ0) is 13.2. The SMILES string of the molecule is Cc1ccc2sc(=O)cc(CN3CCOCC3)c2c1. The molecule has 0 unspecified atom stereocenters. The van der Waals surface area contributed by atoms with Crippen molar-refractivity contribution in [1.82, 2.24) is 4.90 Å². The number of fused-ring (bicyclic) bond motifs is 1. The van der Waals surface area contributed by atoms with E-state index in [0.717, 1.165) is 43.1 Å². The molecular formula is C15H17NO2S. The first-order valence-electron chi connectivity index (χ1n) is 6.56. The van der Waals surface area contributed by atoms with Gasteiger partial charge in [0.15, 0.2) is 0 Å². The van der Waals surface area contributed by atoms with E-state index in [1.54, 1.807) is 6.07 Å². The molecule has 3 rings (SSSR count). The van der Waals surface area contributed by atoms with Gasteiger partial charge in [0.2, 0.25) is 4.74 Å². The number of hydrogen-bond acceptors (Lipinski definition) is 4. The second-order valence-corrected chi connectivity index (χ2v) is 6.03. The first-order valence-corrected chi connectivity index (χ1v) is 7.37. The van der Waals surface area contributed by atoms with Gasteiger partial charge in [0, 0.05) is 30.4 Å². The van der Waals surface area contributed by atoms with Crippen molar-refractivity contribution in [2.24, 2.45) is 0 Å². The highest BCUT2D eigenvalue weighted by atomic mass is 32.1. The topological polar surface area (TPSA) is 29.5 Å². The Labute approximate surface area is 116 Å². The smallest absolute Gasteiger partial charge is 0.233 e. The van der Waals surface area contributed by atoms with Crippen molar-refractivity contribution in [3.63, 3.8) is 0 Å². The van der Waals surface area contributed by atoms with Gasteiger partial charge >= 0.3 is 0 Å². The number of ether oxygens (including phenoxy) is 1. The van der Waals surface area contributed by atoms with E-state index < -0.39 is 0 Å². The molecule has 2 heterocycles. The standard InChI is InChI=1S/C15H17NO2S/c1-11-2-3-14-13(8-11)12(9-15(17)19-14)10-16-4-6-18-7-5-16/h2-3,8-9H,4-7,10H2,1H3. The van der Waals surface area contributed by atoms with Gasteiger partial charge in [-0.25, -0.2) is 0 Å². The van der Waals surface area contributed by atoms with Crippen LogP contribution in [0.1, 0.15) is 11.1 Å². The fourth-order valence-electron chi connectivity index (χ4n) is 2.47. The minimum Gasteiger partial charge on any atom is -0.379 e. The van der Waals surface area contributed by atoms with Crippen LogP contribution in [-0.4, -0.2) is 31.2 Å². The first kappa shape index (κ1) is 12.8. The molecule has 1 aliphatic heterocycles. The molecular weight excluding hydrogens is 258 g/mol. The number of hydrogen-bond donors (Lipinski definition) is 0. The van der Waals surface area contributed by atoms with E-state index >= 15 is 0 Å². The quantitative estimate of drug-likeness (QED) is 0.843. The van der Waals surface area contributed by atoms with Gasteiger partial charge in [-0.3, -0.25) is 9.69 Å². The molecule has 0 N–H and O–H groups in total. The molecule has 0 bridgehead atoms. The maximum Gasteiger partial charge on any atom is 0.233 e. The summed E-state index contributed by atoms with van der Waals surface area (Å²) in [7, 11) is 0. The Kier molecular flexibility index (Phi) is 3.64. The fraction of sp³-hybridized carbons (Fsp3) is 0.400. The minimum atomic E-state index is 0.139. The van der Waals surface area contributed by atoms with Gasteiger partial charge in [0.1, 0.15) is 0 Å². The third-order valence-electron chi connectivity index (χ3n) is 3.48. The number of aryl methyl sites for hydroxylation is 1. The van der Waals surface area contributed by atoms with Crippen molar-refractivity contribution < 1.29 is 4.74 Å². The zero-order valence-corrected chi connectivity index (χ0v) is 11.8. The van der Waals surface area contributed by atoms with Crippen LogP contribution in [0.5, 0.6) is 0 Å². The molecule has 1 aromatic carbocycles. The maximum atomic E-state index is 11.8. The van der Waals surface area contributed by atoms with E-state index in [1.165, 1.54) is 22.3 Å². The van der Waals surface area contributed by atoms with Crippen LogP contribution in [0.4, 0.5) is 0 Å². The number of nitrogens with zero attached hydrogens (tertiary/aromatic N) is 1. The summed E-state index contributed by atoms with van der Waals surface area (Å²) in [5.74, 6) is 0. The highest BCUT2D eigenvalue weighted by molar-refractivity contribution is 7.16. The maximum absolute atomic E-state index is 11.8. The molecule has 0 aliphatic carbocycles. The summed E-state index contributed by atoms with van der Waals surface area (Å²) in [6.45, 7) is 6.40. The van der Waals surface area contributed by atoms with Crippen LogP contribution in [0.3, 0.4) is 0 Å². The predicted molar refractivity (Wildman–Crippen MR) is 78.9 cm³/mol. The van der Waals surface area contributed by atoms with Gasteiger partial charge in [0.05, 0.1) is 13.2 Å². The lowest BCUT2D eigenvalue weighted by molar-refractivity contribution is 0.0343. The summed E-state index contributed by atoms with van der Waals surface area (Å²) >= 11 is 1.33. The molecule has 100 valence electrons. The molecule has 19 heavy (non-hydrogen) atoms. The van der Waals surface area contributed by atoms with Crippen LogP contribution in [-0.2, 0) is 11.3 Å². The summed E-state index contributed by atoms with van der Waals surface area (Å²) in [5.41, 5.74) is 2.38. The first-order chi connectivity index (χ1) is 9.22. The number of benzene rings is 1. The van der Waals surface area contributed by atoms with E-state index in [1.807, 2.05) is 0 Å². The molecule has 1 saturated heterocycles. The normalized spacial score (nSPS) is 16.9. The second kappa shape index (κ2) is 5.41. The van der Waals surface area contributed by atoms with Gasteiger partial charge in [0.25, 0.3) is 0 Å². The lowest BCUT2D eigenvalue weighted by Gasteiger charge is -2.26. The minimum absolute atomic E-state index is 0.139. The monoisotopic (exact) mass is 275 g/mol. The summed E-state index contributed by atoms with van der Waals surface area (Å²) in [5, 5.41) is 1.22. The van der Waals surface area contributed by atoms with Crippen molar-refractivity contribution in [3.8, 4) is 0 Å². The molecule has 2 aromatic rings. The molecule has 1 fully saturated rings. The summed E-state index contributed by atoms with van der Waals surface area (Å²) < 4.78 is 6.59.